The molecule has 0 aliphatic rings. The van der Waals surface area contributed by atoms with Gasteiger partial charge in [0, 0.05) is 0 Å². The van der Waals surface area contributed by atoms with Crippen molar-refractivity contribution in [3.05, 3.63) is 0 Å². The van der Waals surface area contributed by atoms with Crippen molar-refractivity contribution in [2.24, 2.45) is 0 Å². The second kappa shape index (κ2) is 57.7. The van der Waals surface area contributed by atoms with Gasteiger partial charge in [-0.25, -0.2) is 0 Å². The summed E-state index contributed by atoms with van der Waals surface area (Å²) in [4.78, 5) is 0. The van der Waals surface area contributed by atoms with Gasteiger partial charge in [-0.15, -0.1) is 0 Å². The first kappa shape index (κ1) is 64.4. The second-order valence-corrected chi connectivity index (χ2v) is 27.5. The van der Waals surface area contributed by atoms with Crippen LogP contribution in [0.5, 0.6) is 0 Å². The Morgan fingerprint density at radius 1 is 0.125 bits per heavy atom. The maximum atomic E-state index is 2.34. The SMILES string of the molecule is CCCCCCCCCCCCCCCC[PH](CCCCCCCCCCCCCCC)(CCCCCCCCCCCCCCCC)CCCCCCCCCCCCCCCC. The van der Waals surface area contributed by atoms with E-state index in [-0.39, 0.29) is 0 Å². The first-order valence-electron chi connectivity index (χ1n) is 31.7. The van der Waals surface area contributed by atoms with Gasteiger partial charge in [0.1, 0.15) is 0 Å². The van der Waals surface area contributed by atoms with Crippen molar-refractivity contribution in [2.75, 3.05) is 24.6 Å². The average Bonchev–Trinajstić information content (AvgIpc) is 3.30. The van der Waals surface area contributed by atoms with Crippen LogP contribution in [0.4, 0.5) is 0 Å². The zero-order valence-corrected chi connectivity index (χ0v) is 47.2. The summed E-state index contributed by atoms with van der Waals surface area (Å²) in [6.45, 7) is 9.35. The Kier molecular flexibility index (Phi) is 58.1. The van der Waals surface area contributed by atoms with Crippen molar-refractivity contribution in [1.82, 2.24) is 0 Å². The minimum absolute atomic E-state index is 1.20. The third-order valence-corrected chi connectivity index (χ3v) is 21.6. The number of rotatable bonds is 59. The van der Waals surface area contributed by atoms with Crippen LogP contribution in [0.2, 0.25) is 0 Å². The Hall–Kier alpha value is 0.430. The van der Waals surface area contributed by atoms with Crippen LogP contribution in [-0.4, -0.2) is 24.6 Å². The molecule has 0 bridgehead atoms. The van der Waals surface area contributed by atoms with E-state index in [0.29, 0.717) is 0 Å². The zero-order valence-electron chi connectivity index (χ0n) is 46.2. The average molecular weight is 920 g/mol. The summed E-state index contributed by atoms with van der Waals surface area (Å²) >= 11 is 0. The molecular weight excluding hydrogens is 788 g/mol. The monoisotopic (exact) mass is 919 g/mol. The van der Waals surface area contributed by atoms with Crippen LogP contribution in [0.25, 0.3) is 0 Å². The summed E-state index contributed by atoms with van der Waals surface area (Å²) in [6.07, 6.45) is 89.1. The Bertz CT molecular complexity index is 710. The van der Waals surface area contributed by atoms with Crippen molar-refractivity contribution in [1.29, 1.82) is 0 Å². The number of hydrogen-bond acceptors (Lipinski definition) is 0. The first-order chi connectivity index (χ1) is 31.7. The van der Waals surface area contributed by atoms with Crippen molar-refractivity contribution >= 4 is 7.26 Å². The molecule has 0 spiro atoms. The van der Waals surface area contributed by atoms with E-state index in [1.807, 2.05) is 0 Å². The molecule has 0 nitrogen and oxygen atoms in total. The molecule has 1 heteroatoms. The van der Waals surface area contributed by atoms with Gasteiger partial charge in [-0.1, -0.05) is 98.3 Å². The normalized spacial score (nSPS) is 12.2. The van der Waals surface area contributed by atoms with Gasteiger partial charge in [-0.2, -0.15) is 0 Å². The molecule has 388 valence electrons. The number of hydrogen-bond donors (Lipinski definition) is 0. The van der Waals surface area contributed by atoms with Gasteiger partial charge in [-0.05, 0) is 0 Å². The molecule has 0 radical (unpaired) electrons. The Balaban J connectivity index is 4.93. The van der Waals surface area contributed by atoms with E-state index in [0.717, 1.165) is 0 Å². The molecule has 0 amide bonds. The van der Waals surface area contributed by atoms with E-state index in [4.69, 9.17) is 0 Å². The van der Waals surface area contributed by atoms with Crippen LogP contribution < -0.4 is 0 Å². The van der Waals surface area contributed by atoms with Crippen molar-refractivity contribution in [3.63, 3.8) is 0 Å². The van der Waals surface area contributed by atoms with Gasteiger partial charge in [0.05, 0.1) is 0 Å². The molecule has 0 saturated heterocycles. The maximum absolute atomic E-state index is 2.34. The minimum atomic E-state index is -1.20. The van der Waals surface area contributed by atoms with E-state index in [1.54, 1.807) is 76.0 Å². The van der Waals surface area contributed by atoms with Gasteiger partial charge in [0.15, 0.2) is 0 Å². The van der Waals surface area contributed by atoms with Gasteiger partial charge in [0.25, 0.3) is 0 Å². The standard InChI is InChI=1S/C63H131P/c1-5-9-13-17-21-25-29-33-37-41-45-49-53-57-61-64(60-56-52-48-44-40-36-32-28-24-20-16-12-8-4,62-58-54-50-46-42-38-34-30-26-22-18-14-10-6-2)63-59-55-51-47-43-39-35-31-27-23-19-15-11-7-3/h64H,5-63H2,1-4H3. The fourth-order valence-electron chi connectivity index (χ4n) is 11.4. The van der Waals surface area contributed by atoms with Crippen LogP contribution in [0.3, 0.4) is 0 Å². The van der Waals surface area contributed by atoms with Gasteiger partial charge in [-0.3, -0.25) is 0 Å². The van der Waals surface area contributed by atoms with Crippen LogP contribution in [0, 0.1) is 0 Å². The van der Waals surface area contributed by atoms with Crippen LogP contribution in [0.1, 0.15) is 381 Å². The quantitative estimate of drug-likeness (QED) is 0.0421. The summed E-state index contributed by atoms with van der Waals surface area (Å²) in [5.41, 5.74) is 0. The van der Waals surface area contributed by atoms with E-state index >= 15 is 0 Å². The molecule has 0 aromatic rings. The summed E-state index contributed by atoms with van der Waals surface area (Å²) in [6, 6.07) is 0. The van der Waals surface area contributed by atoms with Crippen molar-refractivity contribution in [3.8, 4) is 0 Å². The van der Waals surface area contributed by atoms with Crippen LogP contribution in [0.15, 0.2) is 0 Å². The Morgan fingerprint density at radius 2 is 0.219 bits per heavy atom. The molecule has 0 aliphatic heterocycles. The van der Waals surface area contributed by atoms with Gasteiger partial charge < -0.3 is 0 Å². The predicted octanol–water partition coefficient (Wildman–Crippen LogP) is 24.3. The zero-order chi connectivity index (χ0) is 46.2. The smallest absolute Gasteiger partial charge is 0.0654 e. The van der Waals surface area contributed by atoms with Gasteiger partial charge >= 0.3 is 314 Å². The predicted molar refractivity (Wildman–Crippen MR) is 304 cm³/mol. The summed E-state index contributed by atoms with van der Waals surface area (Å²) in [5.74, 6) is 0. The summed E-state index contributed by atoms with van der Waals surface area (Å²) < 4.78 is 0. The topological polar surface area (TPSA) is 0 Å². The van der Waals surface area contributed by atoms with E-state index in [1.165, 1.54) is 302 Å². The molecule has 0 N–H and O–H groups in total. The van der Waals surface area contributed by atoms with E-state index in [9.17, 15) is 0 Å². The summed E-state index contributed by atoms with van der Waals surface area (Å²) in [5, 5.41) is 0. The molecule has 0 aromatic carbocycles. The molecule has 0 unspecified atom stereocenters. The van der Waals surface area contributed by atoms with Crippen molar-refractivity contribution in [2.45, 2.75) is 381 Å². The van der Waals surface area contributed by atoms with Crippen molar-refractivity contribution < 1.29 is 0 Å². The third kappa shape index (κ3) is 51.8. The molecule has 0 atom stereocenters. The second-order valence-electron chi connectivity index (χ2n) is 22.5. The summed E-state index contributed by atoms with van der Waals surface area (Å²) in [7, 11) is -1.20. The fourth-order valence-corrected chi connectivity index (χ4v) is 16.9. The molecule has 0 heterocycles. The van der Waals surface area contributed by atoms with Crippen LogP contribution >= 0.6 is 7.26 Å². The van der Waals surface area contributed by atoms with Gasteiger partial charge in [0.2, 0.25) is 0 Å². The van der Waals surface area contributed by atoms with E-state index in [2.05, 4.69) is 27.7 Å². The first-order valence-corrected chi connectivity index (χ1v) is 34.6. The molecule has 0 fully saturated rings. The molecule has 0 saturated carbocycles. The molecule has 64 heavy (non-hydrogen) atoms. The Morgan fingerprint density at radius 3 is 0.328 bits per heavy atom. The molecule has 0 aliphatic carbocycles. The Labute approximate surface area is 410 Å². The number of unbranched alkanes of at least 4 members (excludes halogenated alkanes) is 51. The van der Waals surface area contributed by atoms with E-state index < -0.39 is 7.26 Å². The van der Waals surface area contributed by atoms with Crippen LogP contribution in [-0.2, 0) is 0 Å². The fraction of sp³-hybridized carbons (Fsp3) is 1.00. The molecular formula is C63H131P. The third-order valence-electron chi connectivity index (χ3n) is 16.0. The molecule has 0 rings (SSSR count). The minimum Gasteiger partial charge on any atom is -0.0654 e. The molecule has 0 aromatic heterocycles.